The standard InChI is InChI=1S/C27H21N3O3S2/c31-25(24(18-6-2-1-3-7-18)35-27-28-14-15-34-27)29-19-12-10-17(11-13-19)23-16-21(26(32)33)20-8-4-5-9-22(20)30-23/h1-13,16,24H,14-15H2,(H,29,31)(H,32,33). The summed E-state index contributed by atoms with van der Waals surface area (Å²) in [5.41, 5.74) is 3.73. The number of pyridine rings is 1. The number of hydrogen-bond acceptors (Lipinski definition) is 6. The maximum absolute atomic E-state index is 13.2. The molecule has 1 amide bonds. The minimum atomic E-state index is -0.997. The number of aromatic nitrogens is 1. The first-order valence-corrected chi connectivity index (χ1v) is 12.9. The second kappa shape index (κ2) is 10.3. The topological polar surface area (TPSA) is 91.7 Å². The van der Waals surface area contributed by atoms with Gasteiger partial charge in [0.1, 0.15) is 9.63 Å². The highest BCUT2D eigenvalue weighted by molar-refractivity contribution is 8.39. The van der Waals surface area contributed by atoms with Gasteiger partial charge in [-0.3, -0.25) is 9.79 Å². The molecule has 0 spiro atoms. The number of amides is 1. The van der Waals surface area contributed by atoms with E-state index >= 15 is 0 Å². The van der Waals surface area contributed by atoms with Crippen molar-refractivity contribution in [3.8, 4) is 11.3 Å². The lowest BCUT2D eigenvalue weighted by atomic mass is 10.0. The maximum Gasteiger partial charge on any atom is 0.336 e. The number of carbonyl (C=O) groups excluding carboxylic acids is 1. The molecule has 1 aliphatic rings. The first kappa shape index (κ1) is 23.1. The Kier molecular flexibility index (Phi) is 6.83. The van der Waals surface area contributed by atoms with Gasteiger partial charge >= 0.3 is 5.97 Å². The summed E-state index contributed by atoms with van der Waals surface area (Å²) in [4.78, 5) is 34.2. The van der Waals surface area contributed by atoms with E-state index in [1.807, 2.05) is 48.5 Å². The van der Waals surface area contributed by atoms with Crippen molar-refractivity contribution in [1.82, 2.24) is 4.98 Å². The fraction of sp³-hybridized carbons (Fsp3) is 0.111. The van der Waals surface area contributed by atoms with Gasteiger partial charge in [-0.05, 0) is 29.8 Å². The lowest BCUT2D eigenvalue weighted by Crippen LogP contribution is -2.19. The van der Waals surface area contributed by atoms with Gasteiger partial charge < -0.3 is 10.4 Å². The van der Waals surface area contributed by atoms with Crippen molar-refractivity contribution in [2.45, 2.75) is 5.25 Å². The second-order valence-corrected chi connectivity index (χ2v) is 10.3. The molecule has 5 rings (SSSR count). The molecular formula is C27H21N3O3S2. The Labute approximate surface area is 210 Å². The van der Waals surface area contributed by atoms with Crippen LogP contribution in [0.4, 0.5) is 5.69 Å². The normalized spacial score (nSPS) is 13.9. The van der Waals surface area contributed by atoms with Crippen LogP contribution in [-0.4, -0.2) is 38.6 Å². The summed E-state index contributed by atoms with van der Waals surface area (Å²) in [6.07, 6.45) is 0. The van der Waals surface area contributed by atoms with Gasteiger partial charge in [0.05, 0.1) is 23.3 Å². The second-order valence-electron chi connectivity index (χ2n) is 7.85. The number of aliphatic imine (C=N–C) groups is 1. The zero-order valence-corrected chi connectivity index (χ0v) is 20.2. The molecule has 3 aromatic carbocycles. The molecule has 1 unspecified atom stereocenters. The number of rotatable bonds is 6. The number of benzene rings is 3. The number of nitrogens with zero attached hydrogens (tertiary/aromatic N) is 2. The van der Waals surface area contributed by atoms with Gasteiger partial charge in [0, 0.05) is 22.4 Å². The average molecular weight is 500 g/mol. The first-order chi connectivity index (χ1) is 17.1. The Bertz CT molecular complexity index is 1420. The summed E-state index contributed by atoms with van der Waals surface area (Å²) in [7, 11) is 0. The fourth-order valence-electron chi connectivity index (χ4n) is 3.82. The van der Waals surface area contributed by atoms with Crippen LogP contribution >= 0.6 is 23.5 Å². The number of anilines is 1. The van der Waals surface area contributed by atoms with Gasteiger partial charge in [-0.1, -0.05) is 84.2 Å². The summed E-state index contributed by atoms with van der Waals surface area (Å²) in [5, 5.41) is 12.9. The van der Waals surface area contributed by atoms with Crippen molar-refractivity contribution in [2.24, 2.45) is 4.99 Å². The number of fused-ring (bicyclic) bond motifs is 1. The first-order valence-electron chi connectivity index (χ1n) is 11.0. The zero-order chi connectivity index (χ0) is 24.2. The highest BCUT2D eigenvalue weighted by Gasteiger charge is 2.25. The smallest absolute Gasteiger partial charge is 0.336 e. The maximum atomic E-state index is 13.2. The summed E-state index contributed by atoms with van der Waals surface area (Å²) in [5.74, 6) is -0.177. The molecule has 0 radical (unpaired) electrons. The number of para-hydroxylation sites is 1. The molecule has 2 N–H and O–H groups in total. The van der Waals surface area contributed by atoms with Gasteiger partial charge in [-0.2, -0.15) is 0 Å². The summed E-state index contributed by atoms with van der Waals surface area (Å²) >= 11 is 3.15. The predicted octanol–water partition coefficient (Wildman–Crippen LogP) is 6.12. The Morgan fingerprint density at radius 3 is 2.43 bits per heavy atom. The summed E-state index contributed by atoms with van der Waals surface area (Å²) < 4.78 is 0.931. The van der Waals surface area contributed by atoms with E-state index in [1.165, 1.54) is 11.8 Å². The third kappa shape index (κ3) is 5.23. The molecule has 0 saturated carbocycles. The average Bonchev–Trinajstić information content (AvgIpc) is 3.41. The summed E-state index contributed by atoms with van der Waals surface area (Å²) in [6.45, 7) is 0.782. The molecule has 1 aromatic heterocycles. The molecule has 0 saturated heterocycles. The number of aromatic carboxylic acids is 1. The molecule has 0 fully saturated rings. The summed E-state index contributed by atoms with van der Waals surface area (Å²) in [6, 6.07) is 25.7. The number of nitrogens with one attached hydrogen (secondary N) is 1. The van der Waals surface area contributed by atoms with Gasteiger partial charge in [-0.15, -0.1) is 0 Å². The van der Waals surface area contributed by atoms with Crippen LogP contribution in [0, 0.1) is 0 Å². The van der Waals surface area contributed by atoms with E-state index in [9.17, 15) is 14.7 Å². The lowest BCUT2D eigenvalue weighted by Gasteiger charge is -2.17. The highest BCUT2D eigenvalue weighted by Crippen LogP contribution is 2.36. The number of carboxylic acid groups (broad SMARTS) is 1. The molecule has 1 aliphatic heterocycles. The van der Waals surface area contributed by atoms with E-state index in [0.717, 1.165) is 27.8 Å². The highest BCUT2D eigenvalue weighted by atomic mass is 32.2. The SMILES string of the molecule is O=C(O)c1cc(-c2ccc(NC(=O)C(SC3=NCCS3)c3ccccc3)cc2)nc2ccccc12. The van der Waals surface area contributed by atoms with Crippen molar-refractivity contribution in [3.63, 3.8) is 0 Å². The van der Waals surface area contributed by atoms with Crippen LogP contribution in [0.1, 0.15) is 21.2 Å². The van der Waals surface area contributed by atoms with E-state index < -0.39 is 11.2 Å². The molecular weight excluding hydrogens is 478 g/mol. The fourth-order valence-corrected chi connectivity index (χ4v) is 6.00. The van der Waals surface area contributed by atoms with E-state index in [1.54, 1.807) is 48.2 Å². The molecule has 6 nitrogen and oxygen atoms in total. The number of thioether (sulfide) groups is 2. The molecule has 35 heavy (non-hydrogen) atoms. The van der Waals surface area contributed by atoms with Crippen LogP contribution in [0.2, 0.25) is 0 Å². The molecule has 2 heterocycles. The van der Waals surface area contributed by atoms with Crippen LogP contribution in [0.5, 0.6) is 0 Å². The van der Waals surface area contributed by atoms with Crippen molar-refractivity contribution in [2.75, 3.05) is 17.6 Å². The monoisotopic (exact) mass is 499 g/mol. The predicted molar refractivity (Wildman–Crippen MR) is 144 cm³/mol. The third-order valence-electron chi connectivity index (χ3n) is 5.51. The van der Waals surface area contributed by atoms with E-state index in [-0.39, 0.29) is 11.5 Å². The van der Waals surface area contributed by atoms with Crippen molar-refractivity contribution >= 4 is 56.4 Å². The number of hydrogen-bond donors (Lipinski definition) is 2. The van der Waals surface area contributed by atoms with Crippen LogP contribution < -0.4 is 5.32 Å². The Morgan fingerprint density at radius 1 is 0.971 bits per heavy atom. The Hall–Kier alpha value is -3.62. The third-order valence-corrected chi connectivity index (χ3v) is 7.97. The van der Waals surface area contributed by atoms with Crippen LogP contribution in [0.25, 0.3) is 22.2 Å². The van der Waals surface area contributed by atoms with E-state index in [4.69, 9.17) is 0 Å². The Morgan fingerprint density at radius 2 is 1.71 bits per heavy atom. The zero-order valence-electron chi connectivity index (χ0n) is 18.5. The van der Waals surface area contributed by atoms with Crippen molar-refractivity contribution in [3.05, 3.63) is 96.1 Å². The van der Waals surface area contributed by atoms with Gasteiger partial charge in [0.25, 0.3) is 0 Å². The van der Waals surface area contributed by atoms with E-state index in [0.29, 0.717) is 22.3 Å². The van der Waals surface area contributed by atoms with E-state index in [2.05, 4.69) is 15.3 Å². The quantitative estimate of drug-likeness (QED) is 0.332. The van der Waals surface area contributed by atoms with Crippen LogP contribution in [-0.2, 0) is 4.79 Å². The molecule has 4 aromatic rings. The Balaban J connectivity index is 1.38. The number of carbonyl (C=O) groups is 2. The van der Waals surface area contributed by atoms with Crippen LogP contribution in [0.15, 0.2) is 89.9 Å². The minimum absolute atomic E-state index is 0.124. The van der Waals surface area contributed by atoms with Gasteiger partial charge in [0.15, 0.2) is 0 Å². The minimum Gasteiger partial charge on any atom is -0.478 e. The molecule has 1 atom stereocenters. The number of carboxylic acids is 1. The largest absolute Gasteiger partial charge is 0.478 e. The lowest BCUT2D eigenvalue weighted by molar-refractivity contribution is -0.115. The molecule has 0 bridgehead atoms. The van der Waals surface area contributed by atoms with Crippen molar-refractivity contribution in [1.29, 1.82) is 0 Å². The van der Waals surface area contributed by atoms with Gasteiger partial charge in [-0.25, -0.2) is 9.78 Å². The van der Waals surface area contributed by atoms with Gasteiger partial charge in [0.2, 0.25) is 5.91 Å². The van der Waals surface area contributed by atoms with Crippen molar-refractivity contribution < 1.29 is 14.7 Å². The molecule has 174 valence electrons. The molecule has 8 heteroatoms. The molecule has 0 aliphatic carbocycles. The van der Waals surface area contributed by atoms with Crippen LogP contribution in [0.3, 0.4) is 0 Å².